The Balaban J connectivity index is 1.53. The number of hydrogen-bond acceptors (Lipinski definition) is 3. The van der Waals surface area contributed by atoms with Gasteiger partial charge in [-0.2, -0.15) is 4.31 Å². The summed E-state index contributed by atoms with van der Waals surface area (Å²) in [5, 5.41) is 1.29. The molecule has 0 atom stereocenters. The number of carbonyl (C=O) groups excluding carboxylic acids is 1. The highest BCUT2D eigenvalue weighted by Gasteiger charge is 2.32. The molecular weight excluding hydrogens is 398 g/mol. The average molecular weight is 435 g/mol. The van der Waals surface area contributed by atoms with Crippen molar-refractivity contribution in [2.75, 3.05) is 32.7 Å². The summed E-state index contributed by atoms with van der Waals surface area (Å²) in [5.41, 5.74) is 0.868. The molecule has 2 aliphatic rings. The molecule has 1 saturated carbocycles. The molecule has 1 aromatic rings. The summed E-state index contributed by atoms with van der Waals surface area (Å²) < 4.78 is 26.8. The lowest BCUT2D eigenvalue weighted by molar-refractivity contribution is -0.896. The van der Waals surface area contributed by atoms with Gasteiger partial charge in [0, 0.05) is 17.5 Å². The summed E-state index contributed by atoms with van der Waals surface area (Å²) in [5.74, 6) is 0.215. The second-order valence-corrected chi connectivity index (χ2v) is 10.6. The fourth-order valence-corrected chi connectivity index (χ4v) is 5.82. The van der Waals surface area contributed by atoms with Crippen molar-refractivity contribution in [2.45, 2.75) is 58.0 Å². The predicted molar refractivity (Wildman–Crippen MR) is 120 cm³/mol. The topological polar surface area (TPSA) is 62.1 Å². The molecule has 1 aromatic carbocycles. The molecule has 166 valence electrons. The van der Waals surface area contributed by atoms with Crippen molar-refractivity contribution in [3.05, 3.63) is 41.3 Å². The van der Waals surface area contributed by atoms with Crippen LogP contribution in [0, 0.1) is 0 Å². The third kappa shape index (κ3) is 6.15. The number of nitrogens with zero attached hydrogens (tertiary/aromatic N) is 2. The van der Waals surface area contributed by atoms with E-state index in [9.17, 15) is 13.2 Å². The molecule has 0 radical (unpaired) electrons. The number of quaternary nitrogens is 1. The van der Waals surface area contributed by atoms with Crippen molar-refractivity contribution in [3.8, 4) is 0 Å². The summed E-state index contributed by atoms with van der Waals surface area (Å²) >= 11 is 0. The first-order valence-electron chi connectivity index (χ1n) is 11.2. The molecule has 1 heterocycles. The van der Waals surface area contributed by atoms with Gasteiger partial charge in [-0.15, -0.1) is 0 Å². The molecule has 0 bridgehead atoms. The van der Waals surface area contributed by atoms with E-state index in [-0.39, 0.29) is 11.9 Å². The molecule has 7 heteroatoms. The summed E-state index contributed by atoms with van der Waals surface area (Å²) in [6.45, 7) is 6.91. The van der Waals surface area contributed by atoms with Crippen LogP contribution in [0.25, 0.3) is 6.08 Å². The zero-order valence-electron chi connectivity index (χ0n) is 18.3. The first-order valence-corrected chi connectivity index (χ1v) is 12.7. The van der Waals surface area contributed by atoms with Crippen molar-refractivity contribution in [1.82, 2.24) is 9.21 Å². The number of hydrogen-bond donors (Lipinski definition) is 1. The van der Waals surface area contributed by atoms with Crippen molar-refractivity contribution < 1.29 is 18.1 Å². The highest BCUT2D eigenvalue weighted by Crippen LogP contribution is 2.24. The minimum Gasteiger partial charge on any atom is -0.332 e. The standard InChI is InChI=1S/C23H35N3O3S/c1-20(2)26(22-11-7-4-8-12-22)23(27)19-24-14-16-25(17-15-24)30(28,29)18-13-21-9-5-3-6-10-21/h3,5-6,9-10,13,18,20,22H,4,7-8,11-12,14-17,19H2,1-2H3/p+1/b18-13+. The average Bonchev–Trinajstić information content (AvgIpc) is 2.74. The quantitative estimate of drug-likeness (QED) is 0.711. The second-order valence-electron chi connectivity index (χ2n) is 8.77. The van der Waals surface area contributed by atoms with E-state index in [1.165, 1.54) is 33.9 Å². The van der Waals surface area contributed by atoms with Crippen LogP contribution in [-0.2, 0) is 14.8 Å². The van der Waals surface area contributed by atoms with Gasteiger partial charge in [0.05, 0.1) is 26.2 Å². The predicted octanol–water partition coefficient (Wildman–Crippen LogP) is 1.76. The molecule has 2 fully saturated rings. The van der Waals surface area contributed by atoms with Gasteiger partial charge >= 0.3 is 0 Å². The van der Waals surface area contributed by atoms with Crippen LogP contribution in [0.3, 0.4) is 0 Å². The molecule has 3 rings (SSSR count). The van der Waals surface area contributed by atoms with Gasteiger partial charge < -0.3 is 9.80 Å². The highest BCUT2D eigenvalue weighted by molar-refractivity contribution is 7.92. The van der Waals surface area contributed by atoms with Crippen LogP contribution >= 0.6 is 0 Å². The van der Waals surface area contributed by atoms with Crippen LogP contribution in [0.4, 0.5) is 0 Å². The van der Waals surface area contributed by atoms with E-state index in [1.807, 2.05) is 30.3 Å². The number of sulfonamides is 1. The van der Waals surface area contributed by atoms with E-state index in [4.69, 9.17) is 0 Å². The van der Waals surface area contributed by atoms with E-state index in [0.717, 1.165) is 18.4 Å². The van der Waals surface area contributed by atoms with Crippen LogP contribution in [0.1, 0.15) is 51.5 Å². The molecule has 1 saturated heterocycles. The number of rotatable bonds is 7. The molecule has 1 amide bonds. The second kappa shape index (κ2) is 10.6. The Morgan fingerprint density at radius 2 is 1.77 bits per heavy atom. The maximum Gasteiger partial charge on any atom is 0.278 e. The molecule has 0 spiro atoms. The molecule has 0 aromatic heterocycles. The van der Waals surface area contributed by atoms with Crippen molar-refractivity contribution in [1.29, 1.82) is 0 Å². The number of piperazine rings is 1. The van der Waals surface area contributed by atoms with Crippen molar-refractivity contribution in [2.24, 2.45) is 0 Å². The highest BCUT2D eigenvalue weighted by atomic mass is 32.2. The van der Waals surface area contributed by atoms with Crippen LogP contribution in [0.15, 0.2) is 35.7 Å². The van der Waals surface area contributed by atoms with E-state index in [0.29, 0.717) is 38.8 Å². The van der Waals surface area contributed by atoms with Crippen LogP contribution in [0.2, 0.25) is 0 Å². The lowest BCUT2D eigenvalue weighted by Gasteiger charge is -2.38. The smallest absolute Gasteiger partial charge is 0.278 e. The van der Waals surface area contributed by atoms with Gasteiger partial charge in [0.2, 0.25) is 10.0 Å². The Labute approximate surface area is 181 Å². The number of benzene rings is 1. The lowest BCUT2D eigenvalue weighted by Crippen LogP contribution is -3.15. The first kappa shape index (κ1) is 23.0. The van der Waals surface area contributed by atoms with E-state index in [2.05, 4.69) is 18.7 Å². The number of amides is 1. The Hall–Kier alpha value is -1.70. The molecule has 30 heavy (non-hydrogen) atoms. The van der Waals surface area contributed by atoms with Crippen molar-refractivity contribution in [3.63, 3.8) is 0 Å². The molecule has 1 N–H and O–H groups in total. The number of carbonyl (C=O) groups is 1. The van der Waals surface area contributed by atoms with Gasteiger partial charge in [0.15, 0.2) is 6.54 Å². The maximum absolute atomic E-state index is 13.1. The van der Waals surface area contributed by atoms with Gasteiger partial charge in [-0.3, -0.25) is 4.79 Å². The lowest BCUT2D eigenvalue weighted by atomic mass is 9.93. The zero-order valence-corrected chi connectivity index (χ0v) is 19.1. The monoisotopic (exact) mass is 434 g/mol. The Kier molecular flexibility index (Phi) is 8.08. The third-order valence-electron chi connectivity index (χ3n) is 6.24. The SMILES string of the molecule is CC(C)N(C(=O)C[NH+]1CCN(S(=O)(=O)/C=C/c2ccccc2)CC1)C1CCCCC1. The Bertz CT molecular complexity index is 809. The van der Waals surface area contributed by atoms with Gasteiger partial charge in [0.1, 0.15) is 0 Å². The van der Waals surface area contributed by atoms with Gasteiger partial charge in [-0.25, -0.2) is 8.42 Å². The van der Waals surface area contributed by atoms with E-state index in [1.54, 1.807) is 6.08 Å². The van der Waals surface area contributed by atoms with Gasteiger partial charge in [-0.1, -0.05) is 49.6 Å². The normalized spacial score (nSPS) is 20.1. The summed E-state index contributed by atoms with van der Waals surface area (Å²) in [4.78, 5) is 16.3. The third-order valence-corrected chi connectivity index (χ3v) is 7.80. The van der Waals surface area contributed by atoms with E-state index >= 15 is 0 Å². The Morgan fingerprint density at radius 3 is 2.37 bits per heavy atom. The molecular formula is C23H36N3O3S+. The zero-order chi connectivity index (χ0) is 21.6. The summed E-state index contributed by atoms with van der Waals surface area (Å²) in [6.07, 6.45) is 7.56. The molecule has 1 aliphatic carbocycles. The van der Waals surface area contributed by atoms with Gasteiger partial charge in [-0.05, 0) is 38.3 Å². The fourth-order valence-electron chi connectivity index (χ4n) is 4.63. The fraction of sp³-hybridized carbons (Fsp3) is 0.609. The largest absolute Gasteiger partial charge is 0.332 e. The molecule has 0 unspecified atom stereocenters. The van der Waals surface area contributed by atoms with E-state index < -0.39 is 10.0 Å². The minimum absolute atomic E-state index is 0.213. The summed E-state index contributed by atoms with van der Waals surface area (Å²) in [7, 11) is -3.44. The maximum atomic E-state index is 13.1. The molecule has 6 nitrogen and oxygen atoms in total. The van der Waals surface area contributed by atoms with Crippen LogP contribution in [0.5, 0.6) is 0 Å². The Morgan fingerprint density at radius 1 is 1.13 bits per heavy atom. The van der Waals surface area contributed by atoms with Crippen LogP contribution in [-0.4, -0.2) is 68.3 Å². The first-order chi connectivity index (χ1) is 14.4. The number of nitrogens with one attached hydrogen (secondary N) is 1. The van der Waals surface area contributed by atoms with Crippen LogP contribution < -0.4 is 4.90 Å². The summed E-state index contributed by atoms with van der Waals surface area (Å²) in [6, 6.07) is 10.0. The minimum atomic E-state index is -3.44. The van der Waals surface area contributed by atoms with Gasteiger partial charge in [0.25, 0.3) is 5.91 Å². The molecule has 1 aliphatic heterocycles. The van der Waals surface area contributed by atoms with Crippen molar-refractivity contribution >= 4 is 22.0 Å².